The fourth-order valence-corrected chi connectivity index (χ4v) is 3.31. The van der Waals surface area contributed by atoms with Crippen molar-refractivity contribution in [2.75, 3.05) is 6.61 Å². The van der Waals surface area contributed by atoms with E-state index in [1.165, 1.54) is 24.8 Å². The molecule has 2 heteroatoms. The van der Waals surface area contributed by atoms with Crippen LogP contribution in [0.15, 0.2) is 30.3 Å². The van der Waals surface area contributed by atoms with E-state index in [0.29, 0.717) is 6.04 Å². The lowest BCUT2D eigenvalue weighted by Gasteiger charge is -2.34. The lowest BCUT2D eigenvalue weighted by atomic mass is 9.80. The van der Waals surface area contributed by atoms with Gasteiger partial charge in [-0.05, 0) is 36.7 Å². The van der Waals surface area contributed by atoms with Crippen molar-refractivity contribution < 1.29 is 5.11 Å². The van der Waals surface area contributed by atoms with Crippen molar-refractivity contribution >= 4 is 0 Å². The summed E-state index contributed by atoms with van der Waals surface area (Å²) >= 11 is 0. The highest BCUT2D eigenvalue weighted by Crippen LogP contribution is 2.29. The van der Waals surface area contributed by atoms with Gasteiger partial charge < -0.3 is 10.4 Å². The zero-order valence-electron chi connectivity index (χ0n) is 11.5. The molecule has 1 aliphatic rings. The average molecular weight is 247 g/mol. The number of hydrogen-bond acceptors (Lipinski definition) is 2. The van der Waals surface area contributed by atoms with Gasteiger partial charge in [-0.25, -0.2) is 0 Å². The summed E-state index contributed by atoms with van der Waals surface area (Å²) in [6, 6.07) is 10.9. The second kappa shape index (κ2) is 6.35. The predicted octanol–water partition coefficient (Wildman–Crippen LogP) is 3.13. The molecule has 0 saturated heterocycles. The van der Waals surface area contributed by atoms with Crippen LogP contribution in [0, 0.1) is 11.8 Å². The van der Waals surface area contributed by atoms with Crippen LogP contribution in [-0.4, -0.2) is 17.8 Å². The van der Waals surface area contributed by atoms with E-state index in [1.54, 1.807) is 0 Å². The summed E-state index contributed by atoms with van der Waals surface area (Å²) in [5, 5.41) is 13.2. The average Bonchev–Trinajstić information content (AvgIpc) is 2.36. The van der Waals surface area contributed by atoms with E-state index in [9.17, 15) is 5.11 Å². The van der Waals surface area contributed by atoms with E-state index in [-0.39, 0.29) is 12.6 Å². The number of rotatable bonds is 4. The predicted molar refractivity (Wildman–Crippen MR) is 75.4 cm³/mol. The summed E-state index contributed by atoms with van der Waals surface area (Å²) < 4.78 is 0. The molecule has 0 spiro atoms. The Labute approximate surface area is 110 Å². The molecule has 1 saturated carbocycles. The van der Waals surface area contributed by atoms with Crippen LogP contribution in [0.1, 0.15) is 44.7 Å². The molecular formula is C16H25NO. The van der Waals surface area contributed by atoms with E-state index >= 15 is 0 Å². The third-order valence-corrected chi connectivity index (χ3v) is 4.00. The summed E-state index contributed by atoms with van der Waals surface area (Å²) in [6.45, 7) is 4.84. The van der Waals surface area contributed by atoms with Gasteiger partial charge in [0.05, 0.1) is 12.6 Å². The Balaban J connectivity index is 1.98. The zero-order valence-corrected chi connectivity index (χ0v) is 11.5. The molecule has 1 aromatic carbocycles. The maximum atomic E-state index is 9.58. The van der Waals surface area contributed by atoms with Gasteiger partial charge in [0.1, 0.15) is 0 Å². The second-order valence-corrected chi connectivity index (χ2v) is 5.93. The standard InChI is InChI=1S/C16H25NO/c1-12-8-13(2)10-15(9-12)17-16(11-18)14-6-4-3-5-7-14/h3-7,12-13,15-18H,8-11H2,1-2H3/t12?,13?,15?,16-/m1/s1. The fraction of sp³-hybridized carbons (Fsp3) is 0.625. The minimum absolute atomic E-state index is 0.0775. The largest absolute Gasteiger partial charge is 0.394 e. The summed E-state index contributed by atoms with van der Waals surface area (Å²) in [5.74, 6) is 1.59. The number of hydrogen-bond donors (Lipinski definition) is 2. The third kappa shape index (κ3) is 3.56. The highest BCUT2D eigenvalue weighted by Gasteiger charge is 2.25. The number of aliphatic hydroxyl groups is 1. The van der Waals surface area contributed by atoms with Gasteiger partial charge in [-0.15, -0.1) is 0 Å². The van der Waals surface area contributed by atoms with Gasteiger partial charge in [0.25, 0.3) is 0 Å². The van der Waals surface area contributed by atoms with Crippen LogP contribution in [0.5, 0.6) is 0 Å². The first-order valence-corrected chi connectivity index (χ1v) is 7.11. The highest BCUT2D eigenvalue weighted by atomic mass is 16.3. The second-order valence-electron chi connectivity index (χ2n) is 5.93. The number of nitrogens with one attached hydrogen (secondary N) is 1. The maximum absolute atomic E-state index is 9.58. The molecule has 2 rings (SSSR count). The molecule has 0 aromatic heterocycles. The first-order valence-electron chi connectivity index (χ1n) is 7.11. The van der Waals surface area contributed by atoms with E-state index < -0.39 is 0 Å². The normalized spacial score (nSPS) is 30.1. The fourth-order valence-electron chi connectivity index (χ4n) is 3.31. The van der Waals surface area contributed by atoms with Crippen LogP contribution in [0.25, 0.3) is 0 Å². The SMILES string of the molecule is CC1CC(C)CC(N[C@H](CO)c2ccccc2)C1. The van der Waals surface area contributed by atoms with Crippen LogP contribution in [0.3, 0.4) is 0 Å². The van der Waals surface area contributed by atoms with Crippen LogP contribution in [0.2, 0.25) is 0 Å². The lowest BCUT2D eigenvalue weighted by Crippen LogP contribution is -2.39. The molecule has 0 heterocycles. The minimum atomic E-state index is 0.0775. The van der Waals surface area contributed by atoms with Gasteiger partial charge in [0.2, 0.25) is 0 Å². The molecule has 0 aliphatic heterocycles. The Kier molecular flexibility index (Phi) is 4.79. The van der Waals surface area contributed by atoms with Crippen LogP contribution in [0.4, 0.5) is 0 Å². The molecule has 2 nitrogen and oxygen atoms in total. The lowest BCUT2D eigenvalue weighted by molar-refractivity contribution is 0.187. The number of benzene rings is 1. The third-order valence-electron chi connectivity index (χ3n) is 4.00. The van der Waals surface area contributed by atoms with Crippen LogP contribution < -0.4 is 5.32 Å². The van der Waals surface area contributed by atoms with Gasteiger partial charge in [-0.3, -0.25) is 0 Å². The van der Waals surface area contributed by atoms with Gasteiger partial charge >= 0.3 is 0 Å². The Bertz CT molecular complexity index is 341. The maximum Gasteiger partial charge on any atom is 0.0626 e. The van der Waals surface area contributed by atoms with Crippen molar-refractivity contribution in [3.63, 3.8) is 0 Å². The summed E-state index contributed by atoms with van der Waals surface area (Å²) in [7, 11) is 0. The van der Waals surface area contributed by atoms with E-state index in [0.717, 1.165) is 11.8 Å². The van der Waals surface area contributed by atoms with Crippen molar-refractivity contribution in [3.05, 3.63) is 35.9 Å². The molecule has 1 fully saturated rings. The molecule has 3 atom stereocenters. The quantitative estimate of drug-likeness (QED) is 0.856. The first kappa shape index (κ1) is 13.6. The van der Waals surface area contributed by atoms with Gasteiger partial charge in [-0.2, -0.15) is 0 Å². The topological polar surface area (TPSA) is 32.3 Å². The van der Waals surface area contributed by atoms with Crippen molar-refractivity contribution in [1.29, 1.82) is 0 Å². The summed E-state index contributed by atoms with van der Waals surface area (Å²) in [6.07, 6.45) is 3.80. The highest BCUT2D eigenvalue weighted by molar-refractivity contribution is 5.19. The molecule has 18 heavy (non-hydrogen) atoms. The van der Waals surface area contributed by atoms with Crippen molar-refractivity contribution in [2.24, 2.45) is 11.8 Å². The molecule has 0 amide bonds. The molecule has 2 N–H and O–H groups in total. The van der Waals surface area contributed by atoms with Crippen LogP contribution in [-0.2, 0) is 0 Å². The molecule has 1 aliphatic carbocycles. The Morgan fingerprint density at radius 1 is 1.11 bits per heavy atom. The molecule has 0 radical (unpaired) electrons. The van der Waals surface area contributed by atoms with E-state index in [2.05, 4.69) is 31.3 Å². The molecule has 100 valence electrons. The molecular weight excluding hydrogens is 222 g/mol. The van der Waals surface area contributed by atoms with E-state index in [4.69, 9.17) is 0 Å². The van der Waals surface area contributed by atoms with Crippen LogP contribution >= 0.6 is 0 Å². The van der Waals surface area contributed by atoms with Gasteiger partial charge in [0.15, 0.2) is 0 Å². The van der Waals surface area contributed by atoms with E-state index in [1.807, 2.05) is 18.2 Å². The van der Waals surface area contributed by atoms with Crippen molar-refractivity contribution in [1.82, 2.24) is 5.32 Å². The van der Waals surface area contributed by atoms with Gasteiger partial charge in [-0.1, -0.05) is 44.2 Å². The van der Waals surface area contributed by atoms with Gasteiger partial charge in [0, 0.05) is 6.04 Å². The monoisotopic (exact) mass is 247 g/mol. The van der Waals surface area contributed by atoms with Crippen molar-refractivity contribution in [2.45, 2.75) is 45.2 Å². The Morgan fingerprint density at radius 2 is 1.72 bits per heavy atom. The minimum Gasteiger partial charge on any atom is -0.394 e. The summed E-state index contributed by atoms with van der Waals surface area (Å²) in [5.41, 5.74) is 1.19. The smallest absolute Gasteiger partial charge is 0.0626 e. The molecule has 0 bridgehead atoms. The zero-order chi connectivity index (χ0) is 13.0. The Morgan fingerprint density at radius 3 is 2.28 bits per heavy atom. The first-order chi connectivity index (χ1) is 8.69. The molecule has 2 unspecified atom stereocenters. The molecule has 1 aromatic rings. The summed E-state index contributed by atoms with van der Waals surface area (Å²) in [4.78, 5) is 0. The Hall–Kier alpha value is -0.860. The van der Waals surface area contributed by atoms with Crippen molar-refractivity contribution in [3.8, 4) is 0 Å². The number of aliphatic hydroxyl groups excluding tert-OH is 1.